The number of nitrogens with zero attached hydrogens (tertiary/aromatic N) is 2. The first-order valence-corrected chi connectivity index (χ1v) is 9.31. The van der Waals surface area contributed by atoms with Gasteiger partial charge in [0.05, 0.1) is 19.8 Å². The second-order valence-electron chi connectivity index (χ2n) is 7.47. The number of methoxy groups -OCH3 is 1. The van der Waals surface area contributed by atoms with Crippen LogP contribution in [0.25, 0.3) is 0 Å². The molecule has 0 aromatic heterocycles. The van der Waals surface area contributed by atoms with Gasteiger partial charge in [0.25, 0.3) is 0 Å². The Kier molecular flexibility index (Phi) is 6.51. The standard InChI is InChI=1S/C20H30N2O4/c1-21(2)20(23)14-25-8-7-16-13-26-19-12-22(11-18(16)19)10-15-5-4-6-17(9-15)24-3/h4-6,9,16,18-19H,7-8,10-14H2,1-3H3/t16-,18-,19-/m0/s1. The number of hydrogen-bond donors (Lipinski definition) is 0. The van der Waals surface area contributed by atoms with Crippen LogP contribution in [-0.2, 0) is 20.8 Å². The Bertz CT molecular complexity index is 607. The fourth-order valence-electron chi connectivity index (χ4n) is 3.86. The number of fused-ring (bicyclic) bond motifs is 1. The normalized spacial score (nSPS) is 25.3. The van der Waals surface area contributed by atoms with Crippen molar-refractivity contribution < 1.29 is 19.0 Å². The summed E-state index contributed by atoms with van der Waals surface area (Å²) in [4.78, 5) is 15.6. The van der Waals surface area contributed by atoms with Crippen molar-refractivity contribution in [1.82, 2.24) is 9.80 Å². The number of benzene rings is 1. The molecular weight excluding hydrogens is 332 g/mol. The molecule has 26 heavy (non-hydrogen) atoms. The predicted octanol–water partition coefficient (Wildman–Crippen LogP) is 1.64. The average Bonchev–Trinajstić information content (AvgIpc) is 3.19. The number of likely N-dealkylation sites (tertiary alicyclic amines) is 1. The fraction of sp³-hybridized carbons (Fsp3) is 0.650. The molecule has 144 valence electrons. The van der Waals surface area contributed by atoms with E-state index in [-0.39, 0.29) is 12.5 Å². The van der Waals surface area contributed by atoms with Gasteiger partial charge in [-0.3, -0.25) is 9.69 Å². The summed E-state index contributed by atoms with van der Waals surface area (Å²) in [6.07, 6.45) is 1.28. The molecule has 2 aliphatic heterocycles. The van der Waals surface area contributed by atoms with Crippen LogP contribution >= 0.6 is 0 Å². The molecule has 0 radical (unpaired) electrons. The van der Waals surface area contributed by atoms with Crippen molar-refractivity contribution in [2.75, 3.05) is 54.1 Å². The highest BCUT2D eigenvalue weighted by Crippen LogP contribution is 2.36. The molecule has 2 saturated heterocycles. The third-order valence-electron chi connectivity index (χ3n) is 5.41. The Labute approximate surface area is 156 Å². The maximum atomic E-state index is 11.5. The summed E-state index contributed by atoms with van der Waals surface area (Å²) in [5, 5.41) is 0. The highest BCUT2D eigenvalue weighted by atomic mass is 16.5. The Morgan fingerprint density at radius 1 is 1.35 bits per heavy atom. The average molecular weight is 362 g/mol. The molecule has 0 bridgehead atoms. The monoisotopic (exact) mass is 362 g/mol. The minimum absolute atomic E-state index is 0.0101. The molecule has 6 heteroatoms. The van der Waals surface area contributed by atoms with E-state index in [1.807, 2.05) is 12.1 Å². The molecule has 0 N–H and O–H groups in total. The van der Waals surface area contributed by atoms with Gasteiger partial charge in [-0.05, 0) is 30.0 Å². The van der Waals surface area contributed by atoms with Crippen LogP contribution in [0, 0.1) is 11.8 Å². The second kappa shape index (κ2) is 8.84. The SMILES string of the molecule is COc1cccc(CN2C[C@H]3[C@@H](CCOCC(=O)N(C)C)CO[C@H]3C2)c1. The Morgan fingerprint density at radius 3 is 2.96 bits per heavy atom. The maximum Gasteiger partial charge on any atom is 0.248 e. The van der Waals surface area contributed by atoms with E-state index < -0.39 is 0 Å². The lowest BCUT2D eigenvalue weighted by Gasteiger charge is -2.20. The molecule has 1 amide bonds. The summed E-state index contributed by atoms with van der Waals surface area (Å²) in [5.41, 5.74) is 1.27. The van der Waals surface area contributed by atoms with Crippen molar-refractivity contribution >= 4 is 5.91 Å². The highest BCUT2D eigenvalue weighted by Gasteiger charge is 2.43. The smallest absolute Gasteiger partial charge is 0.248 e. The maximum absolute atomic E-state index is 11.5. The minimum atomic E-state index is 0.0101. The lowest BCUT2D eigenvalue weighted by atomic mass is 9.91. The predicted molar refractivity (Wildman–Crippen MR) is 99.1 cm³/mol. The summed E-state index contributed by atoms with van der Waals surface area (Å²) in [5.74, 6) is 2.00. The van der Waals surface area contributed by atoms with Gasteiger partial charge < -0.3 is 19.1 Å². The van der Waals surface area contributed by atoms with E-state index in [1.54, 1.807) is 26.1 Å². The van der Waals surface area contributed by atoms with E-state index in [0.717, 1.165) is 38.4 Å². The van der Waals surface area contributed by atoms with Crippen LogP contribution in [0.4, 0.5) is 0 Å². The van der Waals surface area contributed by atoms with Crippen LogP contribution in [0.1, 0.15) is 12.0 Å². The molecule has 1 aromatic rings. The third-order valence-corrected chi connectivity index (χ3v) is 5.41. The topological polar surface area (TPSA) is 51.2 Å². The molecule has 3 rings (SSSR count). The van der Waals surface area contributed by atoms with Crippen LogP contribution in [0.5, 0.6) is 5.75 Å². The van der Waals surface area contributed by atoms with Crippen molar-refractivity contribution in [3.63, 3.8) is 0 Å². The molecule has 2 fully saturated rings. The molecule has 0 unspecified atom stereocenters. The van der Waals surface area contributed by atoms with E-state index in [2.05, 4.69) is 17.0 Å². The number of carbonyl (C=O) groups excluding carboxylic acids is 1. The van der Waals surface area contributed by atoms with Crippen LogP contribution in [0.3, 0.4) is 0 Å². The van der Waals surface area contributed by atoms with Crippen LogP contribution in [0.2, 0.25) is 0 Å². The van der Waals surface area contributed by atoms with Crippen LogP contribution in [-0.4, -0.2) is 75.9 Å². The number of rotatable bonds is 8. The number of likely N-dealkylation sites (N-methyl/N-ethyl adjacent to an activating group) is 1. The lowest BCUT2D eigenvalue weighted by Crippen LogP contribution is -2.27. The summed E-state index contributed by atoms with van der Waals surface area (Å²) >= 11 is 0. The van der Waals surface area contributed by atoms with Crippen molar-refractivity contribution in [3.05, 3.63) is 29.8 Å². The van der Waals surface area contributed by atoms with Gasteiger partial charge in [0.1, 0.15) is 12.4 Å². The van der Waals surface area contributed by atoms with E-state index in [4.69, 9.17) is 14.2 Å². The van der Waals surface area contributed by atoms with Crippen molar-refractivity contribution in [3.8, 4) is 5.75 Å². The quantitative estimate of drug-likeness (QED) is 0.658. The van der Waals surface area contributed by atoms with Gasteiger partial charge in [-0.1, -0.05) is 12.1 Å². The second-order valence-corrected chi connectivity index (χ2v) is 7.47. The van der Waals surface area contributed by atoms with Crippen molar-refractivity contribution in [1.29, 1.82) is 0 Å². The summed E-state index contributed by atoms with van der Waals surface area (Å²) in [6.45, 7) is 4.56. The fourth-order valence-corrected chi connectivity index (χ4v) is 3.86. The van der Waals surface area contributed by atoms with E-state index in [1.165, 1.54) is 5.56 Å². The molecule has 2 heterocycles. The first kappa shape index (κ1) is 19.1. The Balaban J connectivity index is 1.44. The molecule has 2 aliphatic rings. The molecular formula is C20H30N2O4. The van der Waals surface area contributed by atoms with Gasteiger partial charge >= 0.3 is 0 Å². The van der Waals surface area contributed by atoms with E-state index in [0.29, 0.717) is 24.5 Å². The van der Waals surface area contributed by atoms with Gasteiger partial charge in [0.2, 0.25) is 5.91 Å². The van der Waals surface area contributed by atoms with Crippen molar-refractivity contribution in [2.45, 2.75) is 19.1 Å². The summed E-state index contributed by atoms with van der Waals surface area (Å²) in [6, 6.07) is 8.26. The molecule has 6 nitrogen and oxygen atoms in total. The molecule has 0 spiro atoms. The molecule has 0 aliphatic carbocycles. The van der Waals surface area contributed by atoms with Crippen molar-refractivity contribution in [2.24, 2.45) is 11.8 Å². The van der Waals surface area contributed by atoms with Crippen LogP contribution in [0.15, 0.2) is 24.3 Å². The zero-order valence-corrected chi connectivity index (χ0v) is 16.0. The first-order valence-electron chi connectivity index (χ1n) is 9.31. The zero-order valence-electron chi connectivity index (χ0n) is 16.0. The van der Waals surface area contributed by atoms with E-state index in [9.17, 15) is 4.79 Å². The minimum Gasteiger partial charge on any atom is -0.497 e. The van der Waals surface area contributed by atoms with Gasteiger partial charge in [-0.15, -0.1) is 0 Å². The van der Waals surface area contributed by atoms with Gasteiger partial charge in [-0.2, -0.15) is 0 Å². The van der Waals surface area contributed by atoms with Crippen LogP contribution < -0.4 is 4.74 Å². The summed E-state index contributed by atoms with van der Waals surface area (Å²) < 4.78 is 16.9. The number of ether oxygens (including phenoxy) is 3. The van der Waals surface area contributed by atoms with Gasteiger partial charge in [0, 0.05) is 46.3 Å². The van der Waals surface area contributed by atoms with E-state index >= 15 is 0 Å². The Hall–Kier alpha value is -1.63. The molecule has 1 aromatic carbocycles. The number of hydrogen-bond acceptors (Lipinski definition) is 5. The zero-order chi connectivity index (χ0) is 18.5. The lowest BCUT2D eigenvalue weighted by molar-refractivity contribution is -0.133. The molecule has 0 saturated carbocycles. The first-order chi connectivity index (χ1) is 12.6. The largest absolute Gasteiger partial charge is 0.497 e. The van der Waals surface area contributed by atoms with Gasteiger partial charge in [-0.25, -0.2) is 0 Å². The third kappa shape index (κ3) is 4.75. The molecule has 3 atom stereocenters. The highest BCUT2D eigenvalue weighted by molar-refractivity contribution is 5.76. The number of carbonyl (C=O) groups is 1. The Morgan fingerprint density at radius 2 is 2.19 bits per heavy atom. The number of amides is 1. The van der Waals surface area contributed by atoms with Gasteiger partial charge in [0.15, 0.2) is 0 Å². The summed E-state index contributed by atoms with van der Waals surface area (Å²) in [7, 11) is 5.19.